The van der Waals surface area contributed by atoms with Gasteiger partial charge in [0.05, 0.1) is 5.75 Å². The second-order valence-electron chi connectivity index (χ2n) is 3.81. The van der Waals surface area contributed by atoms with Crippen LogP contribution < -0.4 is 11.1 Å². The van der Waals surface area contributed by atoms with Crippen molar-refractivity contribution >= 4 is 32.8 Å². The number of hydrogen-bond donors (Lipinski definition) is 2. The molecule has 0 saturated carbocycles. The maximum absolute atomic E-state index is 11.4. The summed E-state index contributed by atoms with van der Waals surface area (Å²) in [5.74, 6) is 0.0969. The molecular weight excluding hydrogens is 260 g/mol. The predicted octanol–water partition coefficient (Wildman–Crippen LogP) is 2.07. The smallest absolute Gasteiger partial charge is 0.166 e. The van der Waals surface area contributed by atoms with Gasteiger partial charge in [-0.15, -0.1) is 11.6 Å². The number of sulfone groups is 1. The number of nitrogens with one attached hydrogen (secondary N) is 1. The summed E-state index contributed by atoms with van der Waals surface area (Å²) in [5.41, 5.74) is 7.18. The topological polar surface area (TPSA) is 72.2 Å². The van der Waals surface area contributed by atoms with Crippen molar-refractivity contribution in [1.82, 2.24) is 0 Å². The van der Waals surface area contributed by atoms with Crippen molar-refractivity contribution in [2.24, 2.45) is 0 Å². The first kappa shape index (κ1) is 14.1. The molecule has 1 aromatic rings. The number of rotatable bonds is 6. The third-order valence-electron chi connectivity index (χ3n) is 2.34. The van der Waals surface area contributed by atoms with Crippen molar-refractivity contribution in [3.8, 4) is 0 Å². The molecule has 96 valence electrons. The van der Waals surface area contributed by atoms with Gasteiger partial charge >= 0.3 is 0 Å². The largest absolute Gasteiger partial charge is 0.399 e. The molecule has 1 atom stereocenters. The summed E-state index contributed by atoms with van der Waals surface area (Å²) in [7, 11) is -3.15. The van der Waals surface area contributed by atoms with Crippen molar-refractivity contribution in [3.63, 3.8) is 0 Å². The second kappa shape index (κ2) is 6.12. The van der Waals surface area contributed by atoms with Gasteiger partial charge in [0, 0.05) is 17.9 Å². The van der Waals surface area contributed by atoms with Crippen LogP contribution in [0.3, 0.4) is 0 Å². The average molecular weight is 277 g/mol. The molecule has 0 aliphatic carbocycles. The van der Waals surface area contributed by atoms with Crippen LogP contribution in [0.25, 0.3) is 0 Å². The number of nitrogen functional groups attached to an aromatic ring is 1. The second-order valence-corrected chi connectivity index (χ2v) is 7.17. The van der Waals surface area contributed by atoms with Gasteiger partial charge in [0.1, 0.15) is 4.71 Å². The molecule has 0 aliphatic rings. The van der Waals surface area contributed by atoms with E-state index < -0.39 is 14.5 Å². The highest BCUT2D eigenvalue weighted by atomic mass is 35.5. The third-order valence-corrected chi connectivity index (χ3v) is 5.00. The van der Waals surface area contributed by atoms with Crippen LogP contribution >= 0.6 is 11.6 Å². The summed E-state index contributed by atoms with van der Waals surface area (Å²) < 4.78 is 22.0. The molecule has 0 aliphatic heterocycles. The van der Waals surface area contributed by atoms with Crippen molar-refractivity contribution in [2.75, 3.05) is 23.3 Å². The monoisotopic (exact) mass is 276 g/mol. The molecular formula is C11H17ClN2O2S. The fourth-order valence-electron chi connectivity index (χ4n) is 1.27. The van der Waals surface area contributed by atoms with Crippen LogP contribution in [0.1, 0.15) is 13.3 Å². The van der Waals surface area contributed by atoms with E-state index in [2.05, 4.69) is 5.32 Å². The molecule has 0 radical (unpaired) electrons. The Bertz CT molecular complexity index is 443. The van der Waals surface area contributed by atoms with E-state index in [1.54, 1.807) is 12.1 Å². The summed E-state index contributed by atoms with van der Waals surface area (Å²) in [4.78, 5) is 0. The lowest BCUT2D eigenvalue weighted by Gasteiger charge is -2.08. The summed E-state index contributed by atoms with van der Waals surface area (Å²) in [6.45, 7) is 2.07. The number of hydrogen-bond acceptors (Lipinski definition) is 4. The molecule has 0 amide bonds. The van der Waals surface area contributed by atoms with E-state index in [9.17, 15) is 8.42 Å². The van der Waals surface area contributed by atoms with Crippen LogP contribution in [0.15, 0.2) is 24.3 Å². The number of halogens is 1. The molecule has 0 aromatic heterocycles. The normalized spacial score (nSPS) is 13.3. The van der Waals surface area contributed by atoms with Gasteiger partial charge in [-0.2, -0.15) is 0 Å². The highest BCUT2D eigenvalue weighted by molar-refractivity contribution is 7.93. The highest BCUT2D eigenvalue weighted by Gasteiger charge is 2.16. The van der Waals surface area contributed by atoms with Gasteiger partial charge in [0.25, 0.3) is 0 Å². The molecule has 1 aromatic carbocycles. The van der Waals surface area contributed by atoms with Crippen LogP contribution in [0, 0.1) is 0 Å². The summed E-state index contributed by atoms with van der Waals surface area (Å²) in [6, 6.07) is 7.29. The van der Waals surface area contributed by atoms with Crippen LogP contribution in [-0.4, -0.2) is 25.4 Å². The van der Waals surface area contributed by atoms with Crippen LogP contribution in [0.4, 0.5) is 11.4 Å². The number of nitrogens with two attached hydrogens (primary N) is 1. The lowest BCUT2D eigenvalue weighted by molar-refractivity contribution is 0.592. The fourth-order valence-corrected chi connectivity index (χ4v) is 2.41. The van der Waals surface area contributed by atoms with Crippen molar-refractivity contribution in [3.05, 3.63) is 24.3 Å². The first-order chi connectivity index (χ1) is 7.92. The van der Waals surface area contributed by atoms with E-state index in [1.165, 1.54) is 6.92 Å². The molecule has 17 heavy (non-hydrogen) atoms. The van der Waals surface area contributed by atoms with Gasteiger partial charge in [-0.1, -0.05) is 0 Å². The fraction of sp³-hybridized carbons (Fsp3) is 0.455. The van der Waals surface area contributed by atoms with E-state index in [1.807, 2.05) is 12.1 Å². The molecule has 0 spiro atoms. The van der Waals surface area contributed by atoms with Gasteiger partial charge in [-0.05, 0) is 37.6 Å². The molecule has 0 heterocycles. The standard InChI is InChI=1S/C11H17ClN2O2S/c1-9(12)17(15,16)8-2-7-14-11-5-3-10(13)4-6-11/h3-6,9,14H,2,7-8,13H2,1H3. The Balaban J connectivity index is 2.32. The predicted molar refractivity (Wildman–Crippen MR) is 73.1 cm³/mol. The molecule has 0 fully saturated rings. The minimum absolute atomic E-state index is 0.0969. The zero-order valence-corrected chi connectivity index (χ0v) is 11.3. The van der Waals surface area contributed by atoms with Crippen molar-refractivity contribution < 1.29 is 8.42 Å². The molecule has 1 rings (SSSR count). The van der Waals surface area contributed by atoms with Gasteiger partial charge in [-0.3, -0.25) is 0 Å². The van der Waals surface area contributed by atoms with Crippen LogP contribution in [-0.2, 0) is 9.84 Å². The Hall–Kier alpha value is -0.940. The molecule has 4 nitrogen and oxygen atoms in total. The Morgan fingerprint density at radius 2 is 1.94 bits per heavy atom. The van der Waals surface area contributed by atoms with E-state index in [4.69, 9.17) is 17.3 Å². The lowest BCUT2D eigenvalue weighted by atomic mass is 10.3. The zero-order valence-electron chi connectivity index (χ0n) is 9.69. The Labute approximate surface area is 107 Å². The van der Waals surface area contributed by atoms with Gasteiger partial charge in [-0.25, -0.2) is 8.42 Å². The SMILES string of the molecule is CC(Cl)S(=O)(=O)CCCNc1ccc(N)cc1. The lowest BCUT2D eigenvalue weighted by Crippen LogP contribution is -2.18. The van der Waals surface area contributed by atoms with Crippen molar-refractivity contribution in [2.45, 2.75) is 18.1 Å². The highest BCUT2D eigenvalue weighted by Crippen LogP contribution is 2.11. The Morgan fingerprint density at radius 3 is 2.47 bits per heavy atom. The summed E-state index contributed by atoms with van der Waals surface area (Å²) in [5, 5.41) is 3.12. The van der Waals surface area contributed by atoms with Gasteiger partial charge in [0.2, 0.25) is 0 Å². The van der Waals surface area contributed by atoms with Gasteiger partial charge in [0.15, 0.2) is 9.84 Å². The number of anilines is 2. The van der Waals surface area contributed by atoms with E-state index in [0.717, 1.165) is 5.69 Å². The summed E-state index contributed by atoms with van der Waals surface area (Å²) in [6.07, 6.45) is 0.532. The third kappa shape index (κ3) is 4.83. The quantitative estimate of drug-likeness (QED) is 0.474. The number of alkyl halides is 1. The van der Waals surface area contributed by atoms with Crippen LogP contribution in [0.2, 0.25) is 0 Å². The minimum atomic E-state index is -3.15. The van der Waals surface area contributed by atoms with Crippen LogP contribution in [0.5, 0.6) is 0 Å². The number of benzene rings is 1. The Kier molecular flexibility index (Phi) is 5.08. The molecule has 3 N–H and O–H groups in total. The van der Waals surface area contributed by atoms with E-state index >= 15 is 0 Å². The van der Waals surface area contributed by atoms with Crippen molar-refractivity contribution in [1.29, 1.82) is 0 Å². The average Bonchev–Trinajstić information content (AvgIpc) is 2.26. The van der Waals surface area contributed by atoms with E-state index in [-0.39, 0.29) is 5.75 Å². The Morgan fingerprint density at radius 1 is 1.35 bits per heavy atom. The van der Waals surface area contributed by atoms with Gasteiger partial charge < -0.3 is 11.1 Å². The summed E-state index contributed by atoms with van der Waals surface area (Å²) >= 11 is 5.56. The first-order valence-corrected chi connectivity index (χ1v) is 7.52. The molecule has 6 heteroatoms. The minimum Gasteiger partial charge on any atom is -0.399 e. The maximum atomic E-state index is 11.4. The molecule has 0 saturated heterocycles. The molecule has 0 bridgehead atoms. The zero-order chi connectivity index (χ0) is 12.9. The van der Waals surface area contributed by atoms with E-state index in [0.29, 0.717) is 18.7 Å². The first-order valence-electron chi connectivity index (χ1n) is 5.37. The maximum Gasteiger partial charge on any atom is 0.166 e. The molecule has 1 unspecified atom stereocenters.